The first-order valence-electron chi connectivity index (χ1n) is 6.54. The van der Waals surface area contributed by atoms with Gasteiger partial charge in [0.25, 0.3) is 0 Å². The smallest absolute Gasteiger partial charge is 0.163 e. The minimum atomic E-state index is -0.0297. The molecule has 5 heteroatoms. The third kappa shape index (κ3) is 1.72. The van der Waals surface area contributed by atoms with Crippen LogP contribution in [0, 0.1) is 11.8 Å². The zero-order valence-electron chi connectivity index (χ0n) is 9.75. The van der Waals surface area contributed by atoms with Crippen molar-refractivity contribution >= 4 is 0 Å². The molecule has 4 heterocycles. The quantitative estimate of drug-likeness (QED) is 0.706. The lowest BCUT2D eigenvalue weighted by atomic mass is 10.0. The molecule has 96 valence electrons. The monoisotopic (exact) mass is 242 g/mol. The third-order valence-corrected chi connectivity index (χ3v) is 4.32. The van der Waals surface area contributed by atoms with Crippen molar-refractivity contribution in [3.05, 3.63) is 0 Å². The SMILES string of the molecule is C1CC2C(OC3COC4OCCC34)COC2O1. The molecule has 0 amide bonds. The van der Waals surface area contributed by atoms with E-state index in [-0.39, 0.29) is 24.8 Å². The van der Waals surface area contributed by atoms with Gasteiger partial charge in [-0.25, -0.2) is 0 Å². The number of hydrogen-bond donors (Lipinski definition) is 0. The fraction of sp³-hybridized carbons (Fsp3) is 1.00. The number of hydrogen-bond acceptors (Lipinski definition) is 5. The van der Waals surface area contributed by atoms with Crippen molar-refractivity contribution in [1.29, 1.82) is 0 Å². The molecule has 0 spiro atoms. The van der Waals surface area contributed by atoms with E-state index in [1.54, 1.807) is 0 Å². The molecular weight excluding hydrogens is 224 g/mol. The zero-order chi connectivity index (χ0) is 11.2. The molecule has 0 aliphatic carbocycles. The molecule has 0 N–H and O–H groups in total. The van der Waals surface area contributed by atoms with E-state index in [1.165, 1.54) is 0 Å². The average molecular weight is 242 g/mol. The zero-order valence-corrected chi connectivity index (χ0v) is 9.75. The average Bonchev–Trinajstić information content (AvgIpc) is 3.03. The number of ether oxygens (including phenoxy) is 5. The molecule has 0 bridgehead atoms. The highest BCUT2D eigenvalue weighted by molar-refractivity contribution is 4.89. The van der Waals surface area contributed by atoms with Gasteiger partial charge in [0.15, 0.2) is 12.6 Å². The molecule has 4 fully saturated rings. The molecule has 0 saturated carbocycles. The number of fused-ring (bicyclic) bond motifs is 2. The first-order valence-corrected chi connectivity index (χ1v) is 6.54. The van der Waals surface area contributed by atoms with Gasteiger partial charge in [-0.05, 0) is 12.8 Å². The van der Waals surface area contributed by atoms with E-state index < -0.39 is 0 Å². The summed E-state index contributed by atoms with van der Waals surface area (Å²) in [4.78, 5) is 0. The highest BCUT2D eigenvalue weighted by Gasteiger charge is 2.48. The van der Waals surface area contributed by atoms with Crippen LogP contribution in [0.2, 0.25) is 0 Å². The molecule has 4 saturated heterocycles. The largest absolute Gasteiger partial charge is 0.369 e. The van der Waals surface area contributed by atoms with E-state index >= 15 is 0 Å². The van der Waals surface area contributed by atoms with E-state index in [1.807, 2.05) is 0 Å². The van der Waals surface area contributed by atoms with Gasteiger partial charge in [-0.1, -0.05) is 0 Å². The molecule has 4 aliphatic rings. The van der Waals surface area contributed by atoms with Crippen LogP contribution in [0.1, 0.15) is 12.8 Å². The molecule has 0 aromatic rings. The lowest BCUT2D eigenvalue weighted by molar-refractivity contribution is -0.0922. The lowest BCUT2D eigenvalue weighted by Crippen LogP contribution is -2.33. The predicted molar refractivity (Wildman–Crippen MR) is 56.3 cm³/mol. The molecule has 0 aromatic carbocycles. The summed E-state index contributed by atoms with van der Waals surface area (Å²) in [5, 5.41) is 0. The van der Waals surface area contributed by atoms with Gasteiger partial charge in [0.05, 0.1) is 38.6 Å². The van der Waals surface area contributed by atoms with Crippen molar-refractivity contribution in [3.8, 4) is 0 Å². The molecule has 0 radical (unpaired) electrons. The van der Waals surface area contributed by atoms with Crippen LogP contribution in [0.4, 0.5) is 0 Å². The van der Waals surface area contributed by atoms with Crippen molar-refractivity contribution in [3.63, 3.8) is 0 Å². The van der Waals surface area contributed by atoms with E-state index in [0.29, 0.717) is 25.0 Å². The maximum absolute atomic E-state index is 6.19. The predicted octanol–water partition coefficient (Wildman–Crippen LogP) is 0.526. The van der Waals surface area contributed by atoms with Crippen LogP contribution in [0.5, 0.6) is 0 Å². The summed E-state index contributed by atoms with van der Waals surface area (Å²) in [7, 11) is 0. The molecule has 5 nitrogen and oxygen atoms in total. The third-order valence-electron chi connectivity index (χ3n) is 4.32. The van der Waals surface area contributed by atoms with Crippen LogP contribution in [0.15, 0.2) is 0 Å². The van der Waals surface area contributed by atoms with Crippen LogP contribution >= 0.6 is 0 Å². The standard InChI is InChI=1S/C12H18O5/c1-3-13-11-7(1)9(5-15-11)17-10-6-16-12-8(10)2-4-14-12/h7-12H,1-6H2. The maximum atomic E-state index is 6.19. The van der Waals surface area contributed by atoms with Gasteiger partial charge in [0.2, 0.25) is 0 Å². The fourth-order valence-electron chi connectivity index (χ4n) is 3.36. The Morgan fingerprint density at radius 2 is 1.24 bits per heavy atom. The van der Waals surface area contributed by atoms with Crippen molar-refractivity contribution in [2.24, 2.45) is 11.8 Å². The summed E-state index contributed by atoms with van der Waals surface area (Å²) in [5.41, 5.74) is 0. The molecule has 4 rings (SSSR count). The van der Waals surface area contributed by atoms with Crippen molar-refractivity contribution in [2.45, 2.75) is 37.6 Å². The topological polar surface area (TPSA) is 46.2 Å². The Morgan fingerprint density at radius 3 is 1.76 bits per heavy atom. The molecule has 4 aliphatic heterocycles. The van der Waals surface area contributed by atoms with Crippen molar-refractivity contribution in [1.82, 2.24) is 0 Å². The van der Waals surface area contributed by atoms with Crippen LogP contribution in [-0.2, 0) is 23.7 Å². The summed E-state index contributed by atoms with van der Waals surface area (Å²) < 4.78 is 28.4. The Morgan fingerprint density at radius 1 is 0.706 bits per heavy atom. The normalized spacial score (nSPS) is 52.9. The van der Waals surface area contributed by atoms with Gasteiger partial charge in [-0.3, -0.25) is 0 Å². The van der Waals surface area contributed by atoms with Gasteiger partial charge in [-0.15, -0.1) is 0 Å². The van der Waals surface area contributed by atoms with Crippen LogP contribution in [0.3, 0.4) is 0 Å². The minimum absolute atomic E-state index is 0.0297. The highest BCUT2D eigenvalue weighted by atomic mass is 16.7. The summed E-state index contributed by atoms with van der Waals surface area (Å²) in [5.74, 6) is 0.827. The Balaban J connectivity index is 1.41. The summed E-state index contributed by atoms with van der Waals surface area (Å²) in [6, 6.07) is 0. The lowest BCUT2D eigenvalue weighted by Gasteiger charge is -2.22. The number of rotatable bonds is 2. The van der Waals surface area contributed by atoms with E-state index in [4.69, 9.17) is 23.7 Å². The van der Waals surface area contributed by atoms with Gasteiger partial charge < -0.3 is 23.7 Å². The second-order valence-electron chi connectivity index (χ2n) is 5.26. The van der Waals surface area contributed by atoms with E-state index in [2.05, 4.69) is 0 Å². The summed E-state index contributed by atoms with van der Waals surface area (Å²) in [6.07, 6.45) is 2.39. The summed E-state index contributed by atoms with van der Waals surface area (Å²) in [6.45, 7) is 2.91. The molecule has 6 atom stereocenters. The first-order chi connectivity index (χ1) is 8.42. The van der Waals surface area contributed by atoms with E-state index in [9.17, 15) is 0 Å². The summed E-state index contributed by atoms with van der Waals surface area (Å²) >= 11 is 0. The van der Waals surface area contributed by atoms with Gasteiger partial charge in [0.1, 0.15) is 0 Å². The molecule has 0 aromatic heterocycles. The Labute approximate surface area is 100 Å². The van der Waals surface area contributed by atoms with E-state index in [0.717, 1.165) is 26.1 Å². The first kappa shape index (κ1) is 10.7. The second kappa shape index (κ2) is 4.17. The van der Waals surface area contributed by atoms with Gasteiger partial charge in [-0.2, -0.15) is 0 Å². The Hall–Kier alpha value is -0.200. The minimum Gasteiger partial charge on any atom is -0.369 e. The molecule has 17 heavy (non-hydrogen) atoms. The fourth-order valence-corrected chi connectivity index (χ4v) is 3.36. The van der Waals surface area contributed by atoms with Gasteiger partial charge >= 0.3 is 0 Å². The second-order valence-corrected chi connectivity index (χ2v) is 5.26. The van der Waals surface area contributed by atoms with Crippen LogP contribution in [-0.4, -0.2) is 51.2 Å². The van der Waals surface area contributed by atoms with Crippen LogP contribution in [0.25, 0.3) is 0 Å². The Bertz CT molecular complexity index is 269. The Kier molecular flexibility index (Phi) is 2.63. The maximum Gasteiger partial charge on any atom is 0.163 e. The van der Waals surface area contributed by atoms with Gasteiger partial charge in [0, 0.05) is 11.8 Å². The molecular formula is C12H18O5. The molecule has 6 unspecified atom stereocenters. The highest BCUT2D eigenvalue weighted by Crippen LogP contribution is 2.38. The van der Waals surface area contributed by atoms with Crippen molar-refractivity contribution in [2.75, 3.05) is 26.4 Å². The van der Waals surface area contributed by atoms with Crippen molar-refractivity contribution < 1.29 is 23.7 Å². The van der Waals surface area contributed by atoms with Crippen LogP contribution < -0.4 is 0 Å².